The zero-order valence-corrected chi connectivity index (χ0v) is 19.4. The Bertz CT molecular complexity index is 920. The molecule has 0 atom stereocenters. The first-order valence-corrected chi connectivity index (χ1v) is 10.6. The summed E-state index contributed by atoms with van der Waals surface area (Å²) in [5.41, 5.74) is 6.37. The normalized spacial score (nSPS) is 11.6. The van der Waals surface area contributed by atoms with Gasteiger partial charge in [0.25, 0.3) is 0 Å². The van der Waals surface area contributed by atoms with E-state index in [1.165, 1.54) is 0 Å². The SMILES string of the molecule is CCN(CC)C(=S)/N=C(/Nc1ccccc1/C(C)=N/NC(=S)NC)c1ccccc1. The third-order valence-corrected chi connectivity index (χ3v) is 5.06. The Morgan fingerprint density at radius 1 is 0.967 bits per heavy atom. The Hall–Kier alpha value is -2.84. The van der Waals surface area contributed by atoms with Crippen molar-refractivity contribution in [3.05, 3.63) is 65.7 Å². The van der Waals surface area contributed by atoms with Crippen molar-refractivity contribution in [3.8, 4) is 0 Å². The van der Waals surface area contributed by atoms with Crippen LogP contribution in [0, 0.1) is 0 Å². The lowest BCUT2D eigenvalue weighted by molar-refractivity contribution is 0.469. The van der Waals surface area contributed by atoms with Gasteiger partial charge in [0.05, 0.1) is 5.71 Å². The fraction of sp³-hybridized carbons (Fsp3) is 0.273. The molecule has 6 nitrogen and oxygen atoms in total. The molecule has 0 heterocycles. The summed E-state index contributed by atoms with van der Waals surface area (Å²) in [6.07, 6.45) is 0. The van der Waals surface area contributed by atoms with Crippen LogP contribution in [0.2, 0.25) is 0 Å². The molecule has 0 bridgehead atoms. The molecule has 0 radical (unpaired) electrons. The quantitative estimate of drug-likeness (QED) is 0.273. The van der Waals surface area contributed by atoms with Crippen LogP contribution < -0.4 is 16.1 Å². The fourth-order valence-corrected chi connectivity index (χ4v) is 3.10. The number of amidine groups is 1. The van der Waals surface area contributed by atoms with Crippen molar-refractivity contribution in [3.63, 3.8) is 0 Å². The molecule has 0 aliphatic rings. The van der Waals surface area contributed by atoms with Gasteiger partial charge in [-0.3, -0.25) is 5.43 Å². The Morgan fingerprint density at radius 2 is 1.60 bits per heavy atom. The highest BCUT2D eigenvalue weighted by Gasteiger charge is 2.12. The predicted octanol–water partition coefficient (Wildman–Crippen LogP) is 3.99. The zero-order valence-electron chi connectivity index (χ0n) is 17.8. The summed E-state index contributed by atoms with van der Waals surface area (Å²) in [6.45, 7) is 7.67. The lowest BCUT2D eigenvalue weighted by atomic mass is 10.1. The number of aliphatic imine (C=N–C) groups is 1. The average molecular weight is 441 g/mol. The molecule has 0 aliphatic carbocycles. The molecule has 158 valence electrons. The number of hydrazone groups is 1. The molecule has 0 spiro atoms. The number of nitrogens with one attached hydrogen (secondary N) is 3. The molecule has 3 N–H and O–H groups in total. The summed E-state index contributed by atoms with van der Waals surface area (Å²) in [5, 5.41) is 11.7. The lowest BCUT2D eigenvalue weighted by Gasteiger charge is -2.20. The van der Waals surface area contributed by atoms with Crippen LogP contribution >= 0.6 is 24.4 Å². The minimum atomic E-state index is 0.455. The minimum Gasteiger partial charge on any atom is -0.364 e. The van der Waals surface area contributed by atoms with Crippen molar-refractivity contribution in [2.24, 2.45) is 10.1 Å². The van der Waals surface area contributed by atoms with E-state index in [1.54, 1.807) is 7.05 Å². The molecule has 2 aromatic carbocycles. The van der Waals surface area contributed by atoms with Crippen LogP contribution in [0.1, 0.15) is 31.9 Å². The monoisotopic (exact) mass is 440 g/mol. The van der Waals surface area contributed by atoms with Gasteiger partial charge < -0.3 is 15.5 Å². The number of hydrogen-bond donors (Lipinski definition) is 3. The van der Waals surface area contributed by atoms with Crippen LogP contribution in [0.25, 0.3) is 0 Å². The first kappa shape index (κ1) is 23.4. The van der Waals surface area contributed by atoms with E-state index in [2.05, 4.69) is 35.0 Å². The number of para-hydroxylation sites is 1. The van der Waals surface area contributed by atoms with E-state index in [0.29, 0.717) is 16.1 Å². The Balaban J connectivity index is 2.42. The van der Waals surface area contributed by atoms with Crippen LogP contribution in [-0.4, -0.2) is 46.8 Å². The third kappa shape index (κ3) is 6.60. The molecule has 0 saturated heterocycles. The van der Waals surface area contributed by atoms with E-state index in [9.17, 15) is 0 Å². The van der Waals surface area contributed by atoms with Crippen LogP contribution in [0.15, 0.2) is 64.7 Å². The molecule has 30 heavy (non-hydrogen) atoms. The number of thiocarbonyl (C=S) groups is 2. The van der Waals surface area contributed by atoms with Crippen LogP contribution in [0.4, 0.5) is 5.69 Å². The highest BCUT2D eigenvalue weighted by Crippen LogP contribution is 2.18. The largest absolute Gasteiger partial charge is 0.364 e. The lowest BCUT2D eigenvalue weighted by Crippen LogP contribution is -2.30. The predicted molar refractivity (Wildman–Crippen MR) is 136 cm³/mol. The third-order valence-electron chi connectivity index (χ3n) is 4.41. The Labute approximate surface area is 189 Å². The van der Waals surface area contributed by atoms with Gasteiger partial charge in [-0.2, -0.15) is 5.10 Å². The van der Waals surface area contributed by atoms with E-state index < -0.39 is 0 Å². The molecular weight excluding hydrogens is 412 g/mol. The molecule has 2 rings (SSSR count). The standard InChI is InChI=1S/C22H28N6S2/c1-5-28(6-2)22(30)25-20(17-12-8-7-9-13-17)24-19-15-11-10-14-18(19)16(3)26-27-21(29)23-4/h7-15H,5-6H2,1-4H3,(H2,23,27,29)(H,24,25,30)/b26-16+. The smallest absolute Gasteiger partial charge is 0.197 e. The van der Waals surface area contributed by atoms with Crippen molar-refractivity contribution in [1.82, 2.24) is 15.6 Å². The van der Waals surface area contributed by atoms with Gasteiger partial charge in [0, 0.05) is 37.0 Å². The molecule has 0 unspecified atom stereocenters. The molecule has 0 aliphatic heterocycles. The number of anilines is 1. The summed E-state index contributed by atoms with van der Waals surface area (Å²) < 4.78 is 0. The maximum atomic E-state index is 5.58. The summed E-state index contributed by atoms with van der Waals surface area (Å²) in [7, 11) is 1.75. The summed E-state index contributed by atoms with van der Waals surface area (Å²) >= 11 is 10.7. The number of nitrogens with zero attached hydrogens (tertiary/aromatic N) is 3. The van der Waals surface area contributed by atoms with Gasteiger partial charge in [0.1, 0.15) is 5.84 Å². The molecule has 0 amide bonds. The number of benzene rings is 2. The number of rotatable bonds is 6. The first-order chi connectivity index (χ1) is 14.5. The maximum absolute atomic E-state index is 5.58. The van der Waals surface area contributed by atoms with E-state index in [-0.39, 0.29) is 0 Å². The number of hydrogen-bond acceptors (Lipinski definition) is 3. The second-order valence-electron chi connectivity index (χ2n) is 6.34. The Kier molecular flexibility index (Phi) is 9.37. The second kappa shape index (κ2) is 12.0. The van der Waals surface area contributed by atoms with Gasteiger partial charge in [0.15, 0.2) is 10.2 Å². The van der Waals surface area contributed by atoms with Gasteiger partial charge >= 0.3 is 0 Å². The van der Waals surface area contributed by atoms with Crippen molar-refractivity contribution >= 4 is 51.9 Å². The summed E-state index contributed by atoms with van der Waals surface area (Å²) in [6, 6.07) is 17.9. The van der Waals surface area contributed by atoms with Crippen molar-refractivity contribution in [1.29, 1.82) is 0 Å². The highest BCUT2D eigenvalue weighted by atomic mass is 32.1. The van der Waals surface area contributed by atoms with Gasteiger partial charge in [-0.15, -0.1) is 0 Å². The minimum absolute atomic E-state index is 0.455. The summed E-state index contributed by atoms with van der Waals surface area (Å²) in [5.74, 6) is 0.687. The van der Waals surface area contributed by atoms with Crippen molar-refractivity contribution in [2.75, 3.05) is 25.5 Å². The van der Waals surface area contributed by atoms with E-state index >= 15 is 0 Å². The van der Waals surface area contributed by atoms with Gasteiger partial charge in [0.2, 0.25) is 0 Å². The van der Waals surface area contributed by atoms with Crippen molar-refractivity contribution < 1.29 is 0 Å². The van der Waals surface area contributed by atoms with Gasteiger partial charge in [-0.05, 0) is 51.3 Å². The van der Waals surface area contributed by atoms with Crippen LogP contribution in [0.3, 0.4) is 0 Å². The maximum Gasteiger partial charge on any atom is 0.197 e. The molecule has 0 aromatic heterocycles. The fourth-order valence-electron chi connectivity index (χ4n) is 2.71. The Morgan fingerprint density at radius 3 is 2.23 bits per heavy atom. The first-order valence-electron chi connectivity index (χ1n) is 9.81. The van der Waals surface area contributed by atoms with Gasteiger partial charge in [-0.25, -0.2) is 4.99 Å². The molecular formula is C22H28N6S2. The van der Waals surface area contributed by atoms with Crippen molar-refractivity contribution in [2.45, 2.75) is 20.8 Å². The van der Waals surface area contributed by atoms with Gasteiger partial charge in [-0.1, -0.05) is 48.5 Å². The molecule has 0 saturated carbocycles. The van der Waals surface area contributed by atoms with E-state index in [1.807, 2.05) is 66.4 Å². The molecule has 8 heteroatoms. The zero-order chi connectivity index (χ0) is 21.9. The average Bonchev–Trinajstić information content (AvgIpc) is 2.78. The van der Waals surface area contributed by atoms with E-state index in [0.717, 1.165) is 35.6 Å². The topological polar surface area (TPSA) is 64.0 Å². The van der Waals surface area contributed by atoms with E-state index in [4.69, 9.17) is 29.4 Å². The second-order valence-corrected chi connectivity index (χ2v) is 7.11. The molecule has 2 aromatic rings. The van der Waals surface area contributed by atoms with Crippen LogP contribution in [-0.2, 0) is 0 Å². The van der Waals surface area contributed by atoms with Crippen LogP contribution in [0.5, 0.6) is 0 Å². The highest BCUT2D eigenvalue weighted by molar-refractivity contribution is 7.80. The molecule has 0 fully saturated rings. The summed E-state index contributed by atoms with van der Waals surface area (Å²) in [4.78, 5) is 6.79.